The van der Waals surface area contributed by atoms with E-state index in [1.165, 1.54) is 24.1 Å². The third-order valence-corrected chi connectivity index (χ3v) is 3.52. The van der Waals surface area contributed by atoms with E-state index in [2.05, 4.69) is 24.5 Å². The maximum Gasteiger partial charge on any atom is 0.123 e. The lowest BCUT2D eigenvalue weighted by atomic mass is 9.84. The Morgan fingerprint density at radius 3 is 2.65 bits per heavy atom. The molecule has 1 aromatic carbocycles. The summed E-state index contributed by atoms with van der Waals surface area (Å²) in [7, 11) is 0. The van der Waals surface area contributed by atoms with Crippen molar-refractivity contribution >= 4 is 0 Å². The van der Waals surface area contributed by atoms with Crippen LogP contribution in [0.4, 0.5) is 4.39 Å². The van der Waals surface area contributed by atoms with Gasteiger partial charge >= 0.3 is 0 Å². The van der Waals surface area contributed by atoms with Crippen molar-refractivity contribution in [2.45, 2.75) is 31.7 Å². The van der Waals surface area contributed by atoms with Crippen molar-refractivity contribution in [2.75, 3.05) is 19.6 Å². The minimum atomic E-state index is -0.169. The van der Waals surface area contributed by atoms with Gasteiger partial charge in [0.1, 0.15) is 5.82 Å². The lowest BCUT2D eigenvalue weighted by Gasteiger charge is -2.27. The van der Waals surface area contributed by atoms with Crippen LogP contribution in [0.2, 0.25) is 0 Å². The third kappa shape index (κ3) is 3.27. The molecule has 0 aliphatic carbocycles. The molecule has 94 valence electrons. The summed E-state index contributed by atoms with van der Waals surface area (Å²) in [6, 6.07) is 7.41. The number of halogens is 1. The van der Waals surface area contributed by atoms with Crippen LogP contribution in [-0.2, 0) is 5.41 Å². The molecule has 1 aliphatic rings. The summed E-state index contributed by atoms with van der Waals surface area (Å²) in [5, 5.41) is 6.92. The fourth-order valence-corrected chi connectivity index (χ4v) is 2.23. The Labute approximate surface area is 103 Å². The standard InChI is InChI=1S/C14H21FN2/c1-14(2,10-17-13-7-8-16-9-13)11-3-5-12(15)6-4-11/h3-6,13,16-17H,7-10H2,1-2H3. The Morgan fingerprint density at radius 1 is 1.35 bits per heavy atom. The largest absolute Gasteiger partial charge is 0.315 e. The molecule has 1 heterocycles. The summed E-state index contributed by atoms with van der Waals surface area (Å²) in [4.78, 5) is 0. The SMILES string of the molecule is CC(C)(CNC1CCNC1)c1ccc(F)cc1. The Hall–Kier alpha value is -0.930. The molecule has 0 saturated carbocycles. The van der Waals surface area contributed by atoms with Crippen molar-refractivity contribution in [3.05, 3.63) is 35.6 Å². The molecule has 1 atom stereocenters. The van der Waals surface area contributed by atoms with Crippen molar-refractivity contribution in [1.82, 2.24) is 10.6 Å². The van der Waals surface area contributed by atoms with E-state index in [1.54, 1.807) is 0 Å². The quantitative estimate of drug-likeness (QED) is 0.836. The highest BCUT2D eigenvalue weighted by Crippen LogP contribution is 2.22. The summed E-state index contributed by atoms with van der Waals surface area (Å²) < 4.78 is 12.9. The van der Waals surface area contributed by atoms with E-state index in [9.17, 15) is 4.39 Å². The first kappa shape index (κ1) is 12.5. The summed E-state index contributed by atoms with van der Waals surface area (Å²) >= 11 is 0. The van der Waals surface area contributed by atoms with E-state index >= 15 is 0 Å². The molecule has 0 aromatic heterocycles. The van der Waals surface area contributed by atoms with E-state index in [0.717, 1.165) is 19.6 Å². The van der Waals surface area contributed by atoms with Crippen molar-refractivity contribution < 1.29 is 4.39 Å². The molecule has 1 aliphatic heterocycles. The maximum absolute atomic E-state index is 12.9. The molecule has 3 heteroatoms. The average Bonchev–Trinajstić information content (AvgIpc) is 2.80. The van der Waals surface area contributed by atoms with Gasteiger partial charge in [-0.2, -0.15) is 0 Å². The fourth-order valence-electron chi connectivity index (χ4n) is 2.23. The van der Waals surface area contributed by atoms with E-state index in [0.29, 0.717) is 6.04 Å². The highest BCUT2D eigenvalue weighted by Gasteiger charge is 2.23. The molecule has 17 heavy (non-hydrogen) atoms. The first-order chi connectivity index (χ1) is 8.08. The van der Waals surface area contributed by atoms with Crippen LogP contribution in [0.25, 0.3) is 0 Å². The van der Waals surface area contributed by atoms with Crippen LogP contribution in [-0.4, -0.2) is 25.7 Å². The Balaban J connectivity index is 1.94. The molecule has 0 radical (unpaired) electrons. The first-order valence-corrected chi connectivity index (χ1v) is 6.28. The molecular formula is C14H21FN2. The van der Waals surface area contributed by atoms with Gasteiger partial charge in [0.25, 0.3) is 0 Å². The lowest BCUT2D eigenvalue weighted by Crippen LogP contribution is -2.40. The molecule has 0 amide bonds. The molecule has 2 rings (SSSR count). The van der Waals surface area contributed by atoms with Gasteiger partial charge in [-0.1, -0.05) is 26.0 Å². The number of nitrogens with one attached hydrogen (secondary N) is 2. The van der Waals surface area contributed by atoms with Crippen molar-refractivity contribution in [3.8, 4) is 0 Å². The molecule has 1 aromatic rings. The maximum atomic E-state index is 12.9. The molecule has 1 unspecified atom stereocenters. The van der Waals surface area contributed by atoms with Crippen LogP contribution < -0.4 is 10.6 Å². The molecule has 1 saturated heterocycles. The van der Waals surface area contributed by atoms with Crippen molar-refractivity contribution in [3.63, 3.8) is 0 Å². The first-order valence-electron chi connectivity index (χ1n) is 6.28. The summed E-state index contributed by atoms with van der Waals surface area (Å²) in [6.07, 6.45) is 1.19. The molecule has 2 N–H and O–H groups in total. The topological polar surface area (TPSA) is 24.1 Å². The molecular weight excluding hydrogens is 215 g/mol. The number of hydrogen-bond acceptors (Lipinski definition) is 2. The molecule has 0 bridgehead atoms. The van der Waals surface area contributed by atoms with Crippen LogP contribution in [0.3, 0.4) is 0 Å². The highest BCUT2D eigenvalue weighted by atomic mass is 19.1. The predicted octanol–water partition coefficient (Wildman–Crippen LogP) is 2.05. The van der Waals surface area contributed by atoms with Crippen LogP contribution in [0, 0.1) is 5.82 Å². The molecule has 0 spiro atoms. The van der Waals surface area contributed by atoms with Gasteiger partial charge in [0.2, 0.25) is 0 Å². The van der Waals surface area contributed by atoms with E-state index < -0.39 is 0 Å². The Morgan fingerprint density at radius 2 is 2.06 bits per heavy atom. The summed E-state index contributed by atoms with van der Waals surface area (Å²) in [6.45, 7) is 7.46. The van der Waals surface area contributed by atoms with E-state index in [4.69, 9.17) is 0 Å². The van der Waals surface area contributed by atoms with Gasteiger partial charge in [0, 0.05) is 24.5 Å². The van der Waals surface area contributed by atoms with Gasteiger partial charge in [0.05, 0.1) is 0 Å². The van der Waals surface area contributed by atoms with Gasteiger partial charge < -0.3 is 10.6 Å². The number of hydrogen-bond donors (Lipinski definition) is 2. The normalized spacial score (nSPS) is 20.8. The lowest BCUT2D eigenvalue weighted by molar-refractivity contribution is 0.428. The zero-order valence-electron chi connectivity index (χ0n) is 10.6. The van der Waals surface area contributed by atoms with Crippen molar-refractivity contribution in [1.29, 1.82) is 0 Å². The van der Waals surface area contributed by atoms with Gasteiger partial charge in [-0.15, -0.1) is 0 Å². The third-order valence-electron chi connectivity index (χ3n) is 3.52. The van der Waals surface area contributed by atoms with E-state index in [1.807, 2.05) is 12.1 Å². The zero-order chi connectivity index (χ0) is 12.3. The minimum absolute atomic E-state index is 0.0380. The monoisotopic (exact) mass is 236 g/mol. The van der Waals surface area contributed by atoms with Gasteiger partial charge in [0.15, 0.2) is 0 Å². The molecule has 1 fully saturated rings. The molecule has 2 nitrogen and oxygen atoms in total. The fraction of sp³-hybridized carbons (Fsp3) is 0.571. The second-order valence-corrected chi connectivity index (χ2v) is 5.46. The van der Waals surface area contributed by atoms with Gasteiger partial charge in [-0.3, -0.25) is 0 Å². The second-order valence-electron chi connectivity index (χ2n) is 5.46. The smallest absolute Gasteiger partial charge is 0.123 e. The Bertz CT molecular complexity index is 353. The average molecular weight is 236 g/mol. The summed E-state index contributed by atoms with van der Waals surface area (Å²) in [5.41, 5.74) is 1.22. The van der Waals surface area contributed by atoms with Crippen LogP contribution in [0.1, 0.15) is 25.8 Å². The Kier molecular flexibility index (Phi) is 3.79. The van der Waals surface area contributed by atoms with Crippen LogP contribution >= 0.6 is 0 Å². The summed E-state index contributed by atoms with van der Waals surface area (Å²) in [5.74, 6) is -0.169. The van der Waals surface area contributed by atoms with Crippen LogP contribution in [0.5, 0.6) is 0 Å². The van der Waals surface area contributed by atoms with Gasteiger partial charge in [-0.05, 0) is 30.7 Å². The highest BCUT2D eigenvalue weighted by molar-refractivity contribution is 5.24. The number of rotatable bonds is 4. The van der Waals surface area contributed by atoms with Crippen molar-refractivity contribution in [2.24, 2.45) is 0 Å². The van der Waals surface area contributed by atoms with Crippen LogP contribution in [0.15, 0.2) is 24.3 Å². The van der Waals surface area contributed by atoms with Gasteiger partial charge in [-0.25, -0.2) is 4.39 Å². The zero-order valence-corrected chi connectivity index (χ0v) is 10.6. The van der Waals surface area contributed by atoms with E-state index in [-0.39, 0.29) is 11.2 Å². The number of benzene rings is 1. The second kappa shape index (κ2) is 5.15. The minimum Gasteiger partial charge on any atom is -0.315 e. The predicted molar refractivity (Wildman–Crippen MR) is 68.7 cm³/mol.